The largest absolute Gasteiger partial charge is 0.238 e. The number of benzene rings is 2. The van der Waals surface area contributed by atoms with Crippen molar-refractivity contribution in [3.63, 3.8) is 0 Å². The highest BCUT2D eigenvalue weighted by Crippen LogP contribution is 2.10. The standard InChI is InChI=1S/C16H20N2O4S2/c1-13-3-2-4-15(11-13)12-23(19,20)18-10-9-14-5-7-16(8-6-14)24(17,21)22/h2-8,11,18H,9-10,12H2,1H3,(H2,17,21,22). The van der Waals surface area contributed by atoms with Gasteiger partial charge in [-0.1, -0.05) is 42.0 Å². The van der Waals surface area contributed by atoms with Gasteiger partial charge in [-0.2, -0.15) is 0 Å². The molecule has 130 valence electrons. The molecule has 0 atom stereocenters. The van der Waals surface area contributed by atoms with Gasteiger partial charge in [0.25, 0.3) is 0 Å². The van der Waals surface area contributed by atoms with E-state index in [0.29, 0.717) is 6.42 Å². The van der Waals surface area contributed by atoms with E-state index < -0.39 is 20.0 Å². The summed E-state index contributed by atoms with van der Waals surface area (Å²) in [6, 6.07) is 13.4. The second kappa shape index (κ2) is 7.43. The number of rotatable bonds is 7. The summed E-state index contributed by atoms with van der Waals surface area (Å²) in [6.07, 6.45) is 0.456. The van der Waals surface area contributed by atoms with E-state index in [2.05, 4.69) is 4.72 Å². The molecule has 0 heterocycles. The third-order valence-corrected chi connectivity index (χ3v) is 5.71. The molecule has 24 heavy (non-hydrogen) atoms. The van der Waals surface area contributed by atoms with Gasteiger partial charge in [-0.25, -0.2) is 26.7 Å². The fourth-order valence-electron chi connectivity index (χ4n) is 2.27. The van der Waals surface area contributed by atoms with Gasteiger partial charge < -0.3 is 0 Å². The predicted molar refractivity (Wildman–Crippen MR) is 93.3 cm³/mol. The monoisotopic (exact) mass is 368 g/mol. The third-order valence-electron chi connectivity index (χ3n) is 3.43. The summed E-state index contributed by atoms with van der Waals surface area (Å²) >= 11 is 0. The lowest BCUT2D eigenvalue weighted by Gasteiger charge is -2.08. The molecule has 0 spiro atoms. The number of nitrogens with two attached hydrogens (primary N) is 1. The van der Waals surface area contributed by atoms with Gasteiger partial charge in [-0.15, -0.1) is 0 Å². The van der Waals surface area contributed by atoms with Crippen molar-refractivity contribution >= 4 is 20.0 Å². The maximum Gasteiger partial charge on any atom is 0.238 e. The summed E-state index contributed by atoms with van der Waals surface area (Å²) in [5, 5.41) is 5.03. The lowest BCUT2D eigenvalue weighted by Crippen LogP contribution is -2.27. The van der Waals surface area contributed by atoms with Crippen molar-refractivity contribution in [2.24, 2.45) is 5.14 Å². The van der Waals surface area contributed by atoms with Crippen LogP contribution >= 0.6 is 0 Å². The number of sulfonamides is 2. The van der Waals surface area contributed by atoms with Crippen LogP contribution in [0.3, 0.4) is 0 Å². The Hall–Kier alpha value is -1.74. The highest BCUT2D eigenvalue weighted by atomic mass is 32.2. The van der Waals surface area contributed by atoms with Crippen LogP contribution in [0.1, 0.15) is 16.7 Å². The Morgan fingerprint density at radius 1 is 0.958 bits per heavy atom. The van der Waals surface area contributed by atoms with Gasteiger partial charge in [-0.3, -0.25) is 0 Å². The van der Waals surface area contributed by atoms with Gasteiger partial charge in [0.15, 0.2) is 0 Å². The SMILES string of the molecule is Cc1cccc(CS(=O)(=O)NCCc2ccc(S(N)(=O)=O)cc2)c1. The number of primary sulfonamides is 1. The first-order valence-electron chi connectivity index (χ1n) is 7.30. The van der Waals surface area contributed by atoms with Crippen molar-refractivity contribution in [2.45, 2.75) is 24.0 Å². The minimum Gasteiger partial charge on any atom is -0.225 e. The molecule has 0 fully saturated rings. The number of hydrogen-bond donors (Lipinski definition) is 2. The van der Waals surface area contributed by atoms with E-state index in [1.54, 1.807) is 18.2 Å². The van der Waals surface area contributed by atoms with E-state index in [1.807, 2.05) is 25.1 Å². The summed E-state index contributed by atoms with van der Waals surface area (Å²) < 4.78 is 49.1. The maximum absolute atomic E-state index is 12.1. The Labute approximate surface area is 142 Å². The fraction of sp³-hybridized carbons (Fsp3) is 0.250. The molecule has 0 amide bonds. The summed E-state index contributed by atoms with van der Waals surface area (Å²) in [5.41, 5.74) is 2.57. The lowest BCUT2D eigenvalue weighted by atomic mass is 10.2. The molecule has 8 heteroatoms. The van der Waals surface area contributed by atoms with Gasteiger partial charge >= 0.3 is 0 Å². The van der Waals surface area contributed by atoms with E-state index >= 15 is 0 Å². The van der Waals surface area contributed by atoms with Crippen LogP contribution in [0.2, 0.25) is 0 Å². The van der Waals surface area contributed by atoms with E-state index in [9.17, 15) is 16.8 Å². The van der Waals surface area contributed by atoms with Crippen molar-refractivity contribution in [2.75, 3.05) is 6.54 Å². The zero-order valence-electron chi connectivity index (χ0n) is 13.3. The van der Waals surface area contributed by atoms with Crippen LogP contribution in [0.4, 0.5) is 0 Å². The van der Waals surface area contributed by atoms with Crippen LogP contribution in [0, 0.1) is 6.92 Å². The van der Waals surface area contributed by atoms with Crippen LogP contribution in [-0.2, 0) is 32.2 Å². The van der Waals surface area contributed by atoms with E-state index in [0.717, 1.165) is 16.7 Å². The normalized spacial score (nSPS) is 12.2. The quantitative estimate of drug-likeness (QED) is 0.768. The molecule has 2 aromatic carbocycles. The van der Waals surface area contributed by atoms with Crippen molar-refractivity contribution < 1.29 is 16.8 Å². The summed E-state index contributed by atoms with van der Waals surface area (Å²) in [4.78, 5) is 0.0336. The van der Waals surface area contributed by atoms with Crippen LogP contribution in [-0.4, -0.2) is 23.4 Å². The first-order chi connectivity index (χ1) is 11.2. The van der Waals surface area contributed by atoms with Crippen molar-refractivity contribution in [1.29, 1.82) is 0 Å². The minimum atomic E-state index is -3.71. The van der Waals surface area contributed by atoms with Crippen molar-refractivity contribution in [3.8, 4) is 0 Å². The van der Waals surface area contributed by atoms with Crippen molar-refractivity contribution in [3.05, 3.63) is 65.2 Å². The van der Waals surface area contributed by atoms with Gasteiger partial charge in [0.05, 0.1) is 10.6 Å². The summed E-state index contributed by atoms with van der Waals surface area (Å²) in [7, 11) is -7.13. The molecule has 0 aliphatic heterocycles. The molecule has 0 bridgehead atoms. The maximum atomic E-state index is 12.1. The molecule has 6 nitrogen and oxygen atoms in total. The zero-order valence-corrected chi connectivity index (χ0v) is 14.9. The minimum absolute atomic E-state index is 0.0336. The molecule has 0 saturated heterocycles. The Morgan fingerprint density at radius 2 is 1.62 bits per heavy atom. The van der Waals surface area contributed by atoms with E-state index in [1.165, 1.54) is 12.1 Å². The topological polar surface area (TPSA) is 106 Å². The summed E-state index contributed by atoms with van der Waals surface area (Å²) in [5.74, 6) is -0.0704. The molecule has 3 N–H and O–H groups in total. The number of aryl methyl sites for hydroxylation is 1. The van der Waals surface area contributed by atoms with Gasteiger partial charge in [-0.05, 0) is 36.6 Å². The van der Waals surface area contributed by atoms with E-state index in [-0.39, 0.29) is 17.2 Å². The first kappa shape index (κ1) is 18.6. The Bertz CT molecular complexity index is 905. The molecule has 0 aliphatic carbocycles. The number of hydrogen-bond acceptors (Lipinski definition) is 4. The number of nitrogens with one attached hydrogen (secondary N) is 1. The highest BCUT2D eigenvalue weighted by molar-refractivity contribution is 7.89. The Morgan fingerprint density at radius 3 is 2.21 bits per heavy atom. The molecular formula is C16H20N2O4S2. The fourth-order valence-corrected chi connectivity index (χ4v) is 3.92. The second-order valence-corrected chi connectivity index (χ2v) is 8.95. The Balaban J connectivity index is 1.91. The van der Waals surface area contributed by atoms with Gasteiger partial charge in [0, 0.05) is 6.54 Å². The molecule has 2 aromatic rings. The van der Waals surface area contributed by atoms with Crippen LogP contribution in [0.15, 0.2) is 53.4 Å². The van der Waals surface area contributed by atoms with Gasteiger partial charge in [0.2, 0.25) is 20.0 Å². The van der Waals surface area contributed by atoms with E-state index in [4.69, 9.17) is 5.14 Å². The van der Waals surface area contributed by atoms with Crippen LogP contribution in [0.5, 0.6) is 0 Å². The van der Waals surface area contributed by atoms with Gasteiger partial charge in [0.1, 0.15) is 0 Å². The first-order valence-corrected chi connectivity index (χ1v) is 10.5. The smallest absolute Gasteiger partial charge is 0.225 e. The molecule has 0 unspecified atom stereocenters. The molecule has 0 saturated carbocycles. The molecule has 0 radical (unpaired) electrons. The average Bonchev–Trinajstić information content (AvgIpc) is 2.46. The third kappa shape index (κ3) is 5.72. The second-order valence-electron chi connectivity index (χ2n) is 5.58. The van der Waals surface area contributed by atoms with Crippen molar-refractivity contribution in [1.82, 2.24) is 4.72 Å². The van der Waals surface area contributed by atoms with Crippen LogP contribution < -0.4 is 9.86 Å². The molecule has 2 rings (SSSR count). The highest BCUT2D eigenvalue weighted by Gasteiger charge is 2.11. The molecular weight excluding hydrogens is 348 g/mol. The molecule has 0 aliphatic rings. The average molecular weight is 368 g/mol. The predicted octanol–water partition coefficient (Wildman–Crippen LogP) is 1.30. The summed E-state index contributed by atoms with van der Waals surface area (Å²) in [6.45, 7) is 2.15. The van der Waals surface area contributed by atoms with Crippen LogP contribution in [0.25, 0.3) is 0 Å². The zero-order chi connectivity index (χ0) is 17.8. The molecule has 0 aromatic heterocycles. The lowest BCUT2D eigenvalue weighted by molar-refractivity contribution is 0.580. The Kier molecular flexibility index (Phi) is 5.76.